The molecule has 2 unspecified atom stereocenters. The van der Waals surface area contributed by atoms with E-state index >= 15 is 0 Å². The summed E-state index contributed by atoms with van der Waals surface area (Å²) < 4.78 is 0. The van der Waals surface area contributed by atoms with E-state index < -0.39 is 0 Å². The Morgan fingerprint density at radius 1 is 1.77 bits per heavy atom. The van der Waals surface area contributed by atoms with Gasteiger partial charge in [0.05, 0.1) is 0 Å². The molecule has 1 fully saturated rings. The fraction of sp³-hybridized carbons (Fsp3) is 0.667. The first-order valence-corrected chi connectivity index (χ1v) is 5.48. The van der Waals surface area contributed by atoms with Crippen molar-refractivity contribution in [1.29, 1.82) is 0 Å². The van der Waals surface area contributed by atoms with Crippen LogP contribution in [0, 0.1) is 5.92 Å². The number of hydrogen-bond donors (Lipinski definition) is 1. The highest BCUT2D eigenvalue weighted by molar-refractivity contribution is 7.13. The van der Waals surface area contributed by atoms with Gasteiger partial charge < -0.3 is 10.0 Å². The Morgan fingerprint density at radius 2 is 2.62 bits per heavy atom. The molecular weight excluding hydrogens is 184 g/mol. The van der Waals surface area contributed by atoms with E-state index in [9.17, 15) is 0 Å². The van der Waals surface area contributed by atoms with Crippen LogP contribution in [0.4, 0.5) is 5.13 Å². The number of nitrogens with zero attached hydrogens (tertiary/aromatic N) is 2. The highest BCUT2D eigenvalue weighted by atomic mass is 32.1. The summed E-state index contributed by atoms with van der Waals surface area (Å²) in [6.45, 7) is 3.48. The van der Waals surface area contributed by atoms with E-state index in [-0.39, 0.29) is 0 Å². The molecule has 0 radical (unpaired) electrons. The third-order valence-electron chi connectivity index (χ3n) is 2.81. The molecular formula is C9H14N2OS. The number of anilines is 1. The van der Waals surface area contributed by atoms with Gasteiger partial charge in [0.2, 0.25) is 0 Å². The molecule has 0 saturated carbocycles. The van der Waals surface area contributed by atoms with Gasteiger partial charge >= 0.3 is 0 Å². The maximum absolute atomic E-state index is 9.11. The van der Waals surface area contributed by atoms with Gasteiger partial charge in [0.15, 0.2) is 5.13 Å². The van der Waals surface area contributed by atoms with Gasteiger partial charge in [-0.15, -0.1) is 11.3 Å². The van der Waals surface area contributed by atoms with Crippen LogP contribution in [0.25, 0.3) is 0 Å². The van der Waals surface area contributed by atoms with E-state index in [0.29, 0.717) is 18.6 Å². The molecule has 0 bridgehead atoms. The van der Waals surface area contributed by atoms with Crippen LogP contribution in [-0.4, -0.2) is 29.3 Å². The van der Waals surface area contributed by atoms with Crippen LogP contribution in [0.3, 0.4) is 0 Å². The molecule has 0 amide bonds. The van der Waals surface area contributed by atoms with Crippen molar-refractivity contribution in [2.45, 2.75) is 19.4 Å². The summed E-state index contributed by atoms with van der Waals surface area (Å²) in [5.41, 5.74) is 0. The molecule has 1 saturated heterocycles. The average molecular weight is 198 g/mol. The second kappa shape index (κ2) is 3.64. The lowest BCUT2D eigenvalue weighted by Crippen LogP contribution is -2.30. The molecule has 3 nitrogen and oxygen atoms in total. The molecule has 13 heavy (non-hydrogen) atoms. The van der Waals surface area contributed by atoms with Crippen molar-refractivity contribution in [3.8, 4) is 0 Å². The second-order valence-electron chi connectivity index (χ2n) is 3.48. The van der Waals surface area contributed by atoms with Crippen LogP contribution < -0.4 is 4.90 Å². The van der Waals surface area contributed by atoms with Gasteiger partial charge in [0, 0.05) is 36.7 Å². The Hall–Kier alpha value is -0.610. The van der Waals surface area contributed by atoms with Crippen LogP contribution in [-0.2, 0) is 0 Å². The minimum absolute atomic E-state index is 0.295. The summed E-state index contributed by atoms with van der Waals surface area (Å²) in [5, 5.41) is 12.2. The summed E-state index contributed by atoms with van der Waals surface area (Å²) >= 11 is 1.67. The molecule has 1 aromatic heterocycles. The third-order valence-corrected chi connectivity index (χ3v) is 3.62. The highest BCUT2D eigenvalue weighted by Crippen LogP contribution is 2.30. The zero-order valence-corrected chi connectivity index (χ0v) is 8.50. The van der Waals surface area contributed by atoms with E-state index in [1.54, 1.807) is 11.3 Å². The SMILES string of the molecule is CC1C(CO)CCN1c1nccs1. The van der Waals surface area contributed by atoms with Crippen LogP contribution in [0.1, 0.15) is 13.3 Å². The smallest absolute Gasteiger partial charge is 0.185 e. The minimum Gasteiger partial charge on any atom is -0.396 e. The Labute approximate surface area is 82.0 Å². The first-order chi connectivity index (χ1) is 6.33. The molecule has 1 N–H and O–H groups in total. The average Bonchev–Trinajstić information content (AvgIpc) is 2.72. The van der Waals surface area contributed by atoms with Crippen molar-refractivity contribution in [3.05, 3.63) is 11.6 Å². The van der Waals surface area contributed by atoms with Gasteiger partial charge in [-0.25, -0.2) is 4.98 Å². The minimum atomic E-state index is 0.295. The van der Waals surface area contributed by atoms with E-state index in [4.69, 9.17) is 5.11 Å². The van der Waals surface area contributed by atoms with Gasteiger partial charge in [-0.05, 0) is 13.3 Å². The fourth-order valence-electron chi connectivity index (χ4n) is 1.88. The summed E-state index contributed by atoms with van der Waals surface area (Å²) in [5.74, 6) is 0.420. The lowest BCUT2D eigenvalue weighted by molar-refractivity contribution is 0.221. The number of aliphatic hydroxyl groups is 1. The monoisotopic (exact) mass is 198 g/mol. The van der Waals surface area contributed by atoms with Crippen molar-refractivity contribution < 1.29 is 5.11 Å². The summed E-state index contributed by atoms with van der Waals surface area (Å²) in [6.07, 6.45) is 2.91. The molecule has 0 spiro atoms. The summed E-state index contributed by atoms with van der Waals surface area (Å²) in [7, 11) is 0. The Kier molecular flexibility index (Phi) is 2.51. The van der Waals surface area contributed by atoms with Crippen LogP contribution >= 0.6 is 11.3 Å². The maximum Gasteiger partial charge on any atom is 0.185 e. The summed E-state index contributed by atoms with van der Waals surface area (Å²) in [6, 6.07) is 0.427. The molecule has 0 aliphatic carbocycles. The van der Waals surface area contributed by atoms with Gasteiger partial charge in [-0.3, -0.25) is 0 Å². The molecule has 2 atom stereocenters. The number of rotatable bonds is 2. The van der Waals surface area contributed by atoms with Crippen LogP contribution in [0.15, 0.2) is 11.6 Å². The predicted molar refractivity (Wildman–Crippen MR) is 54.1 cm³/mol. The molecule has 2 rings (SSSR count). The number of aromatic nitrogens is 1. The topological polar surface area (TPSA) is 36.4 Å². The number of aliphatic hydroxyl groups excluding tert-OH is 1. The van der Waals surface area contributed by atoms with E-state index in [1.807, 2.05) is 11.6 Å². The van der Waals surface area contributed by atoms with Crippen molar-refractivity contribution in [3.63, 3.8) is 0 Å². The van der Waals surface area contributed by atoms with Gasteiger partial charge in [0.1, 0.15) is 0 Å². The molecule has 2 heterocycles. The Morgan fingerprint density at radius 3 is 3.15 bits per heavy atom. The van der Waals surface area contributed by atoms with Crippen molar-refractivity contribution >= 4 is 16.5 Å². The zero-order chi connectivity index (χ0) is 9.26. The van der Waals surface area contributed by atoms with Gasteiger partial charge in [0.25, 0.3) is 0 Å². The molecule has 4 heteroatoms. The first-order valence-electron chi connectivity index (χ1n) is 4.60. The van der Waals surface area contributed by atoms with Crippen LogP contribution in [0.5, 0.6) is 0 Å². The largest absolute Gasteiger partial charge is 0.396 e. The second-order valence-corrected chi connectivity index (χ2v) is 4.35. The number of thiazole rings is 1. The first kappa shape index (κ1) is 8.97. The fourth-order valence-corrected chi connectivity index (χ4v) is 2.63. The highest BCUT2D eigenvalue weighted by Gasteiger charge is 2.31. The third kappa shape index (κ3) is 1.56. The van der Waals surface area contributed by atoms with Crippen molar-refractivity contribution in [1.82, 2.24) is 4.98 Å². The van der Waals surface area contributed by atoms with Gasteiger partial charge in [-0.1, -0.05) is 0 Å². The van der Waals surface area contributed by atoms with Crippen molar-refractivity contribution in [2.75, 3.05) is 18.1 Å². The standard InChI is InChI=1S/C9H14N2OS/c1-7-8(6-12)2-4-11(7)9-10-3-5-13-9/h3,5,7-8,12H,2,4,6H2,1H3. The molecule has 1 aliphatic heterocycles. The van der Waals surface area contributed by atoms with Gasteiger partial charge in [-0.2, -0.15) is 0 Å². The molecule has 1 aromatic rings. The predicted octanol–water partition coefficient (Wildman–Crippen LogP) is 1.35. The normalized spacial score (nSPS) is 28.3. The number of hydrogen-bond acceptors (Lipinski definition) is 4. The van der Waals surface area contributed by atoms with E-state index in [2.05, 4.69) is 16.8 Å². The van der Waals surface area contributed by atoms with E-state index in [1.165, 1.54) is 0 Å². The lowest BCUT2D eigenvalue weighted by Gasteiger charge is -2.22. The maximum atomic E-state index is 9.11. The quantitative estimate of drug-likeness (QED) is 0.779. The van der Waals surface area contributed by atoms with Crippen LogP contribution in [0.2, 0.25) is 0 Å². The molecule has 1 aliphatic rings. The molecule has 72 valence electrons. The Balaban J connectivity index is 2.11. The Bertz CT molecular complexity index is 263. The summed E-state index contributed by atoms with van der Waals surface area (Å²) in [4.78, 5) is 6.56. The zero-order valence-electron chi connectivity index (χ0n) is 7.68. The lowest BCUT2D eigenvalue weighted by atomic mass is 10.0. The molecule has 0 aromatic carbocycles. The van der Waals surface area contributed by atoms with E-state index in [0.717, 1.165) is 18.1 Å². The van der Waals surface area contributed by atoms with Crippen molar-refractivity contribution in [2.24, 2.45) is 5.92 Å².